The molecule has 19 heavy (non-hydrogen) atoms. The van der Waals surface area contributed by atoms with E-state index >= 15 is 0 Å². The Morgan fingerprint density at radius 1 is 1.42 bits per heavy atom. The van der Waals surface area contributed by atoms with Gasteiger partial charge in [-0.2, -0.15) is 0 Å². The van der Waals surface area contributed by atoms with E-state index in [0.29, 0.717) is 0 Å². The van der Waals surface area contributed by atoms with Gasteiger partial charge in [0.1, 0.15) is 5.82 Å². The summed E-state index contributed by atoms with van der Waals surface area (Å²) >= 11 is 5.91. The number of nitrogens with zero attached hydrogens (tertiary/aromatic N) is 1. The average Bonchev–Trinajstić information content (AvgIpc) is 2.56. The van der Waals surface area contributed by atoms with Gasteiger partial charge >= 0.3 is 0 Å². The molecule has 1 aromatic rings. The van der Waals surface area contributed by atoms with Crippen LogP contribution in [0.15, 0.2) is 18.2 Å². The third-order valence-corrected chi connectivity index (χ3v) is 4.12. The van der Waals surface area contributed by atoms with E-state index in [1.807, 2.05) is 6.07 Å². The Hall–Kier alpha value is -0.640. The minimum atomic E-state index is -0.366. The molecule has 0 aromatic heterocycles. The maximum atomic E-state index is 13.3. The van der Waals surface area contributed by atoms with Crippen molar-refractivity contribution in [2.24, 2.45) is 5.73 Å². The number of hydrogen-bond acceptors (Lipinski definition) is 2. The molecule has 2 unspecified atom stereocenters. The molecule has 4 heteroatoms. The zero-order valence-electron chi connectivity index (χ0n) is 11.4. The molecular weight excluding hydrogens is 263 g/mol. The molecule has 106 valence electrons. The van der Waals surface area contributed by atoms with Gasteiger partial charge in [0.15, 0.2) is 0 Å². The molecule has 1 saturated heterocycles. The summed E-state index contributed by atoms with van der Waals surface area (Å²) in [6.45, 7) is 4.25. The Labute approximate surface area is 119 Å². The van der Waals surface area contributed by atoms with Crippen LogP contribution in [0.3, 0.4) is 0 Å². The lowest BCUT2D eigenvalue weighted by Crippen LogP contribution is -2.40. The smallest absolute Gasteiger partial charge is 0.141 e. The van der Waals surface area contributed by atoms with Gasteiger partial charge in [-0.05, 0) is 50.0 Å². The van der Waals surface area contributed by atoms with Gasteiger partial charge in [0.25, 0.3) is 0 Å². The molecule has 1 fully saturated rings. The quantitative estimate of drug-likeness (QED) is 0.916. The first-order valence-electron chi connectivity index (χ1n) is 7.08. The van der Waals surface area contributed by atoms with Crippen LogP contribution in [0.4, 0.5) is 4.39 Å². The molecule has 2 nitrogen and oxygen atoms in total. The molecule has 1 heterocycles. The second-order valence-corrected chi connectivity index (χ2v) is 5.72. The SMILES string of the molecule is CCCN1CCCCC(N)C1c1ccc(F)c(Cl)c1. The minimum absolute atomic E-state index is 0.0931. The Kier molecular flexibility index (Phi) is 5.20. The van der Waals surface area contributed by atoms with E-state index in [1.165, 1.54) is 12.5 Å². The first-order chi connectivity index (χ1) is 9.13. The predicted octanol–water partition coefficient (Wildman–Crippen LogP) is 3.74. The van der Waals surface area contributed by atoms with Gasteiger partial charge in [0, 0.05) is 12.1 Å². The highest BCUT2D eigenvalue weighted by Crippen LogP contribution is 2.31. The Bertz CT molecular complexity index is 425. The highest BCUT2D eigenvalue weighted by atomic mass is 35.5. The van der Waals surface area contributed by atoms with Crippen molar-refractivity contribution in [2.75, 3.05) is 13.1 Å². The summed E-state index contributed by atoms with van der Waals surface area (Å²) in [6, 6.07) is 5.24. The monoisotopic (exact) mass is 284 g/mol. The topological polar surface area (TPSA) is 29.3 Å². The van der Waals surface area contributed by atoms with Gasteiger partial charge in [-0.3, -0.25) is 4.90 Å². The molecule has 0 saturated carbocycles. The fraction of sp³-hybridized carbons (Fsp3) is 0.600. The van der Waals surface area contributed by atoms with Crippen molar-refractivity contribution in [1.29, 1.82) is 0 Å². The summed E-state index contributed by atoms with van der Waals surface area (Å²) in [5.74, 6) is -0.366. The lowest BCUT2D eigenvalue weighted by Gasteiger charge is -2.33. The number of hydrogen-bond donors (Lipinski definition) is 1. The second kappa shape index (κ2) is 6.69. The summed E-state index contributed by atoms with van der Waals surface area (Å²) < 4.78 is 13.3. The van der Waals surface area contributed by atoms with Crippen LogP contribution < -0.4 is 5.73 Å². The van der Waals surface area contributed by atoms with Crippen LogP contribution in [0, 0.1) is 5.82 Å². The highest BCUT2D eigenvalue weighted by Gasteiger charge is 2.28. The van der Waals surface area contributed by atoms with Gasteiger partial charge in [0.2, 0.25) is 0 Å². The third kappa shape index (κ3) is 3.47. The first-order valence-corrected chi connectivity index (χ1v) is 7.46. The summed E-state index contributed by atoms with van der Waals surface area (Å²) in [5.41, 5.74) is 7.38. The molecule has 0 amide bonds. The molecular formula is C15H22ClFN2. The molecule has 0 radical (unpaired) electrons. The molecule has 2 rings (SSSR count). The number of rotatable bonds is 3. The summed E-state index contributed by atoms with van der Waals surface area (Å²) in [5, 5.41) is 0.186. The fourth-order valence-electron chi connectivity index (χ4n) is 2.96. The fourth-order valence-corrected chi connectivity index (χ4v) is 3.14. The maximum absolute atomic E-state index is 13.3. The van der Waals surface area contributed by atoms with E-state index in [1.54, 1.807) is 6.07 Å². The van der Waals surface area contributed by atoms with Crippen LogP contribution in [0.2, 0.25) is 5.02 Å². The zero-order valence-corrected chi connectivity index (χ0v) is 12.2. The van der Waals surface area contributed by atoms with E-state index in [-0.39, 0.29) is 22.9 Å². The van der Waals surface area contributed by atoms with Crippen molar-refractivity contribution < 1.29 is 4.39 Å². The van der Waals surface area contributed by atoms with Crippen molar-refractivity contribution in [3.8, 4) is 0 Å². The lowest BCUT2D eigenvalue weighted by molar-refractivity contribution is 0.185. The van der Waals surface area contributed by atoms with Crippen LogP contribution in [0.1, 0.15) is 44.2 Å². The Balaban J connectivity index is 2.31. The van der Waals surface area contributed by atoms with E-state index in [4.69, 9.17) is 17.3 Å². The molecule has 0 bridgehead atoms. The van der Waals surface area contributed by atoms with Crippen LogP contribution in [0.5, 0.6) is 0 Å². The van der Waals surface area contributed by atoms with E-state index < -0.39 is 0 Å². The van der Waals surface area contributed by atoms with Gasteiger partial charge in [-0.15, -0.1) is 0 Å². The zero-order chi connectivity index (χ0) is 13.8. The average molecular weight is 285 g/mol. The number of likely N-dealkylation sites (tertiary alicyclic amines) is 1. The lowest BCUT2D eigenvalue weighted by atomic mass is 9.96. The molecule has 0 aliphatic carbocycles. The summed E-state index contributed by atoms with van der Waals surface area (Å²) in [7, 11) is 0. The van der Waals surface area contributed by atoms with Gasteiger partial charge in [-0.25, -0.2) is 4.39 Å². The van der Waals surface area contributed by atoms with E-state index in [0.717, 1.165) is 37.9 Å². The van der Waals surface area contributed by atoms with Crippen molar-refractivity contribution >= 4 is 11.6 Å². The molecule has 0 spiro atoms. The normalized spacial score (nSPS) is 25.3. The second-order valence-electron chi connectivity index (χ2n) is 5.31. The number of nitrogens with two attached hydrogens (primary N) is 1. The van der Waals surface area contributed by atoms with Crippen LogP contribution in [0.25, 0.3) is 0 Å². The number of benzene rings is 1. The van der Waals surface area contributed by atoms with Gasteiger partial charge < -0.3 is 5.73 Å². The highest BCUT2D eigenvalue weighted by molar-refractivity contribution is 6.30. The standard InChI is InChI=1S/C15H22ClFN2/c1-2-8-19-9-4-3-5-14(18)15(19)11-6-7-13(17)12(16)10-11/h6-7,10,14-15H,2-5,8-9,18H2,1H3. The summed E-state index contributed by atoms with van der Waals surface area (Å²) in [4.78, 5) is 2.42. The molecule has 2 N–H and O–H groups in total. The van der Waals surface area contributed by atoms with Crippen molar-refractivity contribution in [3.05, 3.63) is 34.6 Å². The molecule has 1 aliphatic heterocycles. The largest absolute Gasteiger partial charge is 0.326 e. The van der Waals surface area contributed by atoms with Gasteiger partial charge in [0.05, 0.1) is 5.02 Å². The summed E-state index contributed by atoms with van der Waals surface area (Å²) in [6.07, 6.45) is 4.45. The maximum Gasteiger partial charge on any atom is 0.141 e. The van der Waals surface area contributed by atoms with Crippen molar-refractivity contribution in [1.82, 2.24) is 4.90 Å². The Morgan fingerprint density at radius 2 is 2.21 bits per heavy atom. The minimum Gasteiger partial charge on any atom is -0.326 e. The van der Waals surface area contributed by atoms with Gasteiger partial charge in [-0.1, -0.05) is 31.0 Å². The molecule has 2 atom stereocenters. The Morgan fingerprint density at radius 3 is 2.89 bits per heavy atom. The van der Waals surface area contributed by atoms with Crippen LogP contribution in [-0.2, 0) is 0 Å². The van der Waals surface area contributed by atoms with Crippen molar-refractivity contribution in [3.63, 3.8) is 0 Å². The number of halogens is 2. The van der Waals surface area contributed by atoms with Crippen LogP contribution in [-0.4, -0.2) is 24.0 Å². The van der Waals surface area contributed by atoms with Crippen LogP contribution >= 0.6 is 11.6 Å². The van der Waals surface area contributed by atoms with E-state index in [2.05, 4.69) is 11.8 Å². The third-order valence-electron chi connectivity index (χ3n) is 3.83. The first kappa shape index (κ1) is 14.8. The van der Waals surface area contributed by atoms with Crippen molar-refractivity contribution in [2.45, 2.75) is 44.7 Å². The molecule has 1 aromatic carbocycles. The molecule has 1 aliphatic rings. The van der Waals surface area contributed by atoms with E-state index in [9.17, 15) is 4.39 Å². The predicted molar refractivity (Wildman–Crippen MR) is 77.8 cm³/mol.